The molecule has 0 saturated heterocycles. The molecule has 0 aliphatic heterocycles. The number of thioether (sulfide) groups is 1. The summed E-state index contributed by atoms with van der Waals surface area (Å²) in [6.45, 7) is 0.602. The van der Waals surface area contributed by atoms with Gasteiger partial charge in [0, 0.05) is 18.1 Å². The summed E-state index contributed by atoms with van der Waals surface area (Å²) in [7, 11) is 0. The Hall–Kier alpha value is -2.92. The number of nitrogens with one attached hydrogen (secondary N) is 2. The summed E-state index contributed by atoms with van der Waals surface area (Å²) < 4.78 is 5.86. The smallest absolute Gasteiger partial charge is 0.319 e. The Balaban J connectivity index is 1.44. The van der Waals surface area contributed by atoms with Crippen molar-refractivity contribution >= 4 is 23.5 Å². The molecule has 0 aliphatic rings. The molecule has 3 aromatic carbocycles. The highest BCUT2D eigenvalue weighted by molar-refractivity contribution is 7.98. The number of para-hydroxylation sites is 3. The van der Waals surface area contributed by atoms with Gasteiger partial charge in [0.25, 0.3) is 0 Å². The van der Waals surface area contributed by atoms with Crippen LogP contribution in [0.5, 0.6) is 11.5 Å². The van der Waals surface area contributed by atoms with Crippen LogP contribution in [0.2, 0.25) is 0 Å². The molecule has 5 heteroatoms. The number of anilines is 1. The monoisotopic (exact) mass is 378 g/mol. The number of rotatable bonds is 8. The topological polar surface area (TPSA) is 50.4 Å². The molecule has 138 valence electrons. The lowest BCUT2D eigenvalue weighted by atomic mass is 10.2. The number of carbonyl (C=O) groups excluding carboxylic acids is 1. The van der Waals surface area contributed by atoms with E-state index >= 15 is 0 Å². The Morgan fingerprint density at radius 3 is 2.30 bits per heavy atom. The summed E-state index contributed by atoms with van der Waals surface area (Å²) in [6.07, 6.45) is 0. The Morgan fingerprint density at radius 1 is 0.852 bits per heavy atom. The van der Waals surface area contributed by atoms with E-state index in [2.05, 4.69) is 22.8 Å². The first-order chi connectivity index (χ1) is 13.3. The molecule has 0 spiro atoms. The number of benzene rings is 3. The quantitative estimate of drug-likeness (QED) is 0.507. The van der Waals surface area contributed by atoms with Crippen LogP contribution in [0.1, 0.15) is 5.56 Å². The number of ether oxygens (including phenoxy) is 1. The molecular weight excluding hydrogens is 356 g/mol. The predicted molar refractivity (Wildman–Crippen MR) is 113 cm³/mol. The van der Waals surface area contributed by atoms with Crippen molar-refractivity contribution in [3.05, 3.63) is 90.5 Å². The maximum atomic E-state index is 12.2. The van der Waals surface area contributed by atoms with Gasteiger partial charge >= 0.3 is 6.03 Å². The van der Waals surface area contributed by atoms with E-state index in [1.165, 1.54) is 5.56 Å². The van der Waals surface area contributed by atoms with Crippen molar-refractivity contribution in [2.45, 2.75) is 5.75 Å². The van der Waals surface area contributed by atoms with E-state index in [0.29, 0.717) is 18.0 Å². The number of hydrogen-bond donors (Lipinski definition) is 2. The van der Waals surface area contributed by atoms with Crippen molar-refractivity contribution in [3.8, 4) is 11.5 Å². The molecule has 0 atom stereocenters. The second-order valence-electron chi connectivity index (χ2n) is 5.83. The molecule has 2 N–H and O–H groups in total. The average molecular weight is 378 g/mol. The molecule has 4 nitrogen and oxygen atoms in total. The maximum absolute atomic E-state index is 12.2. The summed E-state index contributed by atoms with van der Waals surface area (Å²) in [6, 6.07) is 27.0. The molecule has 0 aromatic heterocycles. The molecule has 3 aromatic rings. The van der Waals surface area contributed by atoms with Gasteiger partial charge in [0.15, 0.2) is 5.75 Å². The van der Waals surface area contributed by atoms with Gasteiger partial charge in [-0.3, -0.25) is 0 Å². The second-order valence-corrected chi connectivity index (χ2v) is 6.94. The lowest BCUT2D eigenvalue weighted by Crippen LogP contribution is -2.30. The average Bonchev–Trinajstić information content (AvgIpc) is 2.71. The van der Waals surface area contributed by atoms with Gasteiger partial charge in [-0.15, -0.1) is 0 Å². The zero-order valence-electron chi connectivity index (χ0n) is 14.9. The maximum Gasteiger partial charge on any atom is 0.319 e. The van der Waals surface area contributed by atoms with Gasteiger partial charge in [0.1, 0.15) is 5.75 Å². The van der Waals surface area contributed by atoms with Crippen molar-refractivity contribution in [1.29, 1.82) is 0 Å². The third kappa shape index (κ3) is 6.38. The summed E-state index contributed by atoms with van der Waals surface area (Å²) >= 11 is 1.79. The fourth-order valence-electron chi connectivity index (χ4n) is 2.44. The molecule has 0 saturated carbocycles. The minimum absolute atomic E-state index is 0.237. The standard InChI is InChI=1S/C22H22N2O2S/c25-22(23-15-16-27-17-18-9-3-1-4-10-18)24-20-13-7-8-14-21(20)26-19-11-5-2-6-12-19/h1-14H,15-17H2,(H2,23,24,25). The minimum Gasteiger partial charge on any atom is -0.455 e. The van der Waals surface area contributed by atoms with E-state index in [0.717, 1.165) is 17.3 Å². The van der Waals surface area contributed by atoms with Gasteiger partial charge in [-0.25, -0.2) is 4.79 Å². The van der Waals surface area contributed by atoms with Crippen LogP contribution in [0, 0.1) is 0 Å². The first kappa shape index (κ1) is 18.9. The Kier molecular flexibility index (Phi) is 7.18. The zero-order chi connectivity index (χ0) is 18.7. The number of hydrogen-bond acceptors (Lipinski definition) is 3. The van der Waals surface area contributed by atoms with E-state index in [1.54, 1.807) is 11.8 Å². The van der Waals surface area contributed by atoms with Gasteiger partial charge in [-0.1, -0.05) is 60.7 Å². The van der Waals surface area contributed by atoms with Crippen LogP contribution in [-0.4, -0.2) is 18.3 Å². The molecule has 0 fully saturated rings. The van der Waals surface area contributed by atoms with Crippen LogP contribution in [0.3, 0.4) is 0 Å². The highest BCUT2D eigenvalue weighted by Crippen LogP contribution is 2.28. The summed E-state index contributed by atoms with van der Waals surface area (Å²) in [5, 5.41) is 5.74. The Morgan fingerprint density at radius 2 is 1.52 bits per heavy atom. The second kappa shape index (κ2) is 10.3. The number of amides is 2. The van der Waals surface area contributed by atoms with Crippen LogP contribution < -0.4 is 15.4 Å². The molecule has 0 radical (unpaired) electrons. The zero-order valence-corrected chi connectivity index (χ0v) is 15.7. The number of carbonyl (C=O) groups is 1. The number of urea groups is 1. The van der Waals surface area contributed by atoms with E-state index in [4.69, 9.17) is 4.74 Å². The molecule has 3 rings (SSSR count). The van der Waals surface area contributed by atoms with E-state index < -0.39 is 0 Å². The van der Waals surface area contributed by atoms with Crippen LogP contribution >= 0.6 is 11.8 Å². The van der Waals surface area contributed by atoms with Crippen LogP contribution in [0.25, 0.3) is 0 Å². The first-order valence-corrected chi connectivity index (χ1v) is 9.95. The summed E-state index contributed by atoms with van der Waals surface area (Å²) in [5.41, 5.74) is 1.93. The van der Waals surface area contributed by atoms with Crippen LogP contribution in [-0.2, 0) is 5.75 Å². The fourth-order valence-corrected chi connectivity index (χ4v) is 3.26. The molecule has 2 amide bonds. The normalized spacial score (nSPS) is 10.2. The molecule has 27 heavy (non-hydrogen) atoms. The Labute approximate surface area is 164 Å². The van der Waals surface area contributed by atoms with E-state index in [9.17, 15) is 4.79 Å². The van der Waals surface area contributed by atoms with Crippen molar-refractivity contribution in [2.24, 2.45) is 0 Å². The SMILES string of the molecule is O=C(NCCSCc1ccccc1)Nc1ccccc1Oc1ccccc1. The largest absolute Gasteiger partial charge is 0.455 e. The Bertz CT molecular complexity index is 841. The van der Waals surface area contributed by atoms with Crippen molar-refractivity contribution in [2.75, 3.05) is 17.6 Å². The van der Waals surface area contributed by atoms with Gasteiger partial charge in [0.05, 0.1) is 5.69 Å². The highest BCUT2D eigenvalue weighted by Gasteiger charge is 2.08. The summed E-state index contributed by atoms with van der Waals surface area (Å²) in [5.74, 6) is 3.13. The fraction of sp³-hybridized carbons (Fsp3) is 0.136. The van der Waals surface area contributed by atoms with Gasteiger partial charge < -0.3 is 15.4 Å². The van der Waals surface area contributed by atoms with Crippen molar-refractivity contribution < 1.29 is 9.53 Å². The summed E-state index contributed by atoms with van der Waals surface area (Å²) in [4.78, 5) is 12.2. The van der Waals surface area contributed by atoms with Crippen LogP contribution in [0.15, 0.2) is 84.9 Å². The van der Waals surface area contributed by atoms with Gasteiger partial charge in [0.2, 0.25) is 0 Å². The lowest BCUT2D eigenvalue weighted by molar-refractivity contribution is 0.252. The van der Waals surface area contributed by atoms with Gasteiger partial charge in [-0.05, 0) is 29.8 Å². The molecule has 0 unspecified atom stereocenters. The van der Waals surface area contributed by atoms with E-state index in [-0.39, 0.29) is 6.03 Å². The molecule has 0 aliphatic carbocycles. The van der Waals surface area contributed by atoms with Crippen molar-refractivity contribution in [1.82, 2.24) is 5.32 Å². The third-order valence-electron chi connectivity index (χ3n) is 3.75. The third-order valence-corrected chi connectivity index (χ3v) is 4.78. The molecule has 0 bridgehead atoms. The lowest BCUT2D eigenvalue weighted by Gasteiger charge is -2.12. The minimum atomic E-state index is -0.237. The molecule has 0 heterocycles. The highest BCUT2D eigenvalue weighted by atomic mass is 32.2. The first-order valence-electron chi connectivity index (χ1n) is 8.80. The van der Waals surface area contributed by atoms with Crippen LogP contribution in [0.4, 0.5) is 10.5 Å². The molecular formula is C22H22N2O2S. The van der Waals surface area contributed by atoms with Gasteiger partial charge in [-0.2, -0.15) is 11.8 Å². The predicted octanol–water partition coefficient (Wildman–Crippen LogP) is 5.53. The van der Waals surface area contributed by atoms with E-state index in [1.807, 2.05) is 72.8 Å². The van der Waals surface area contributed by atoms with Crippen molar-refractivity contribution in [3.63, 3.8) is 0 Å².